The molecular weight excluding hydrogens is 448 g/mol. The molecular formula is C26H34N4O3S. The summed E-state index contributed by atoms with van der Waals surface area (Å²) in [6, 6.07) is 17.0. The van der Waals surface area contributed by atoms with Gasteiger partial charge in [-0.25, -0.2) is 17.9 Å². The second-order valence-corrected chi connectivity index (χ2v) is 11.9. The second kappa shape index (κ2) is 9.50. The van der Waals surface area contributed by atoms with Crippen molar-refractivity contribution in [1.29, 1.82) is 0 Å². The number of rotatable bonds is 6. The van der Waals surface area contributed by atoms with Crippen molar-refractivity contribution >= 4 is 10.0 Å². The Balaban J connectivity index is 1.49. The minimum atomic E-state index is -3.55. The van der Waals surface area contributed by atoms with Crippen LogP contribution in [-0.2, 0) is 28.5 Å². The molecule has 0 N–H and O–H groups in total. The van der Waals surface area contributed by atoms with Gasteiger partial charge in [0, 0.05) is 25.6 Å². The van der Waals surface area contributed by atoms with Crippen molar-refractivity contribution in [2.75, 3.05) is 13.1 Å². The van der Waals surface area contributed by atoms with Crippen LogP contribution in [0.3, 0.4) is 0 Å². The summed E-state index contributed by atoms with van der Waals surface area (Å²) >= 11 is 0. The molecule has 2 heterocycles. The summed E-state index contributed by atoms with van der Waals surface area (Å²) in [5, 5.41) is 4.68. The van der Waals surface area contributed by atoms with Crippen LogP contribution in [-0.4, -0.2) is 40.2 Å². The first-order valence-corrected chi connectivity index (χ1v) is 13.4. The molecule has 34 heavy (non-hydrogen) atoms. The molecule has 0 saturated carbocycles. The summed E-state index contributed by atoms with van der Waals surface area (Å²) in [5.74, 6) is 0.814. The highest BCUT2D eigenvalue weighted by atomic mass is 32.2. The number of hydrogen-bond donors (Lipinski definition) is 0. The Hall–Kier alpha value is -2.71. The van der Waals surface area contributed by atoms with Crippen LogP contribution in [0.25, 0.3) is 0 Å². The second-order valence-electron chi connectivity index (χ2n) is 9.98. The molecule has 0 atom stereocenters. The standard InChI is InChI=1S/C26H34N4O3S/c1-5-29-24(27-30(25(29)31)19-20-9-7-6-8-10-20)21-15-17-28(18-16-21)34(32,33)23-13-11-22(12-14-23)26(2,3)4/h6-14,21H,5,15-19H2,1-4H3. The third kappa shape index (κ3) is 4.88. The normalized spacial score (nSPS) is 16.1. The summed E-state index contributed by atoms with van der Waals surface area (Å²) in [5.41, 5.74) is 1.99. The van der Waals surface area contributed by atoms with Gasteiger partial charge >= 0.3 is 5.69 Å². The van der Waals surface area contributed by atoms with Crippen molar-refractivity contribution in [2.45, 2.75) is 69.9 Å². The smallest absolute Gasteiger partial charge is 0.279 e. The number of sulfonamides is 1. The van der Waals surface area contributed by atoms with E-state index in [1.165, 1.54) is 4.68 Å². The van der Waals surface area contributed by atoms with E-state index in [2.05, 4.69) is 25.9 Å². The average Bonchev–Trinajstić information content (AvgIpc) is 3.14. The van der Waals surface area contributed by atoms with Gasteiger partial charge in [0.25, 0.3) is 0 Å². The van der Waals surface area contributed by atoms with Crippen molar-refractivity contribution < 1.29 is 8.42 Å². The molecule has 1 aliphatic rings. The highest BCUT2D eigenvalue weighted by molar-refractivity contribution is 7.89. The number of piperidine rings is 1. The van der Waals surface area contributed by atoms with Gasteiger partial charge in [-0.05, 0) is 48.4 Å². The summed E-state index contributed by atoms with van der Waals surface area (Å²) in [6.07, 6.45) is 1.28. The highest BCUT2D eigenvalue weighted by Gasteiger charge is 2.32. The van der Waals surface area contributed by atoms with E-state index >= 15 is 0 Å². The van der Waals surface area contributed by atoms with Gasteiger partial charge in [0.05, 0.1) is 11.4 Å². The van der Waals surface area contributed by atoms with E-state index in [1.807, 2.05) is 49.4 Å². The topological polar surface area (TPSA) is 77.2 Å². The number of benzene rings is 2. The van der Waals surface area contributed by atoms with E-state index < -0.39 is 10.0 Å². The highest BCUT2D eigenvalue weighted by Crippen LogP contribution is 2.30. The Morgan fingerprint density at radius 2 is 1.59 bits per heavy atom. The first-order chi connectivity index (χ1) is 16.1. The largest absolute Gasteiger partial charge is 0.346 e. The molecule has 0 spiro atoms. The molecule has 2 aromatic carbocycles. The van der Waals surface area contributed by atoms with Crippen LogP contribution in [0.4, 0.5) is 0 Å². The lowest BCUT2D eigenvalue weighted by Gasteiger charge is -2.31. The maximum atomic E-state index is 13.2. The van der Waals surface area contributed by atoms with Crippen molar-refractivity contribution in [2.24, 2.45) is 0 Å². The minimum absolute atomic E-state index is 0.0282. The summed E-state index contributed by atoms with van der Waals surface area (Å²) in [7, 11) is -3.55. The third-order valence-electron chi connectivity index (χ3n) is 6.62. The average molecular weight is 483 g/mol. The maximum Gasteiger partial charge on any atom is 0.346 e. The molecule has 0 unspecified atom stereocenters. The molecule has 8 heteroatoms. The fraction of sp³-hybridized carbons (Fsp3) is 0.462. The molecule has 0 amide bonds. The van der Waals surface area contributed by atoms with Gasteiger partial charge in [0.15, 0.2) is 0 Å². The van der Waals surface area contributed by atoms with E-state index in [9.17, 15) is 13.2 Å². The van der Waals surface area contributed by atoms with E-state index in [0.29, 0.717) is 43.9 Å². The van der Waals surface area contributed by atoms with Crippen LogP contribution >= 0.6 is 0 Å². The zero-order valence-corrected chi connectivity index (χ0v) is 21.3. The molecule has 0 bridgehead atoms. The summed E-state index contributed by atoms with van der Waals surface area (Å²) in [6.45, 7) is 10.1. The van der Waals surface area contributed by atoms with E-state index in [-0.39, 0.29) is 17.0 Å². The Bertz CT molecular complexity index is 1280. The molecule has 182 valence electrons. The number of aromatic nitrogens is 3. The van der Waals surface area contributed by atoms with Crippen LogP contribution in [0.2, 0.25) is 0 Å². The molecule has 1 saturated heterocycles. The van der Waals surface area contributed by atoms with Gasteiger partial charge in [0.1, 0.15) is 5.82 Å². The predicted octanol–water partition coefficient (Wildman–Crippen LogP) is 3.98. The molecule has 3 aromatic rings. The first-order valence-electron chi connectivity index (χ1n) is 11.9. The van der Waals surface area contributed by atoms with Crippen molar-refractivity contribution in [3.05, 3.63) is 82.0 Å². The molecule has 1 aromatic heterocycles. The molecule has 1 aliphatic heterocycles. The SMILES string of the molecule is CCn1c(C2CCN(S(=O)(=O)c3ccc(C(C)(C)C)cc3)CC2)nn(Cc2ccccc2)c1=O. The van der Waals surface area contributed by atoms with Crippen molar-refractivity contribution in [1.82, 2.24) is 18.7 Å². The van der Waals surface area contributed by atoms with Crippen LogP contribution in [0.1, 0.15) is 63.4 Å². The van der Waals surface area contributed by atoms with Crippen LogP contribution < -0.4 is 5.69 Å². The minimum Gasteiger partial charge on any atom is -0.279 e. The fourth-order valence-electron chi connectivity index (χ4n) is 4.55. The maximum absolute atomic E-state index is 13.2. The quantitative estimate of drug-likeness (QED) is 0.533. The molecule has 0 radical (unpaired) electrons. The van der Waals surface area contributed by atoms with Crippen LogP contribution in [0, 0.1) is 0 Å². The zero-order chi connectivity index (χ0) is 24.5. The van der Waals surface area contributed by atoms with Gasteiger partial charge < -0.3 is 0 Å². The summed E-state index contributed by atoms with van der Waals surface area (Å²) in [4.78, 5) is 13.3. The Morgan fingerprint density at radius 1 is 0.971 bits per heavy atom. The van der Waals surface area contributed by atoms with Gasteiger partial charge in [-0.1, -0.05) is 63.2 Å². The lowest BCUT2D eigenvalue weighted by Crippen LogP contribution is -2.38. The molecule has 1 fully saturated rings. The fourth-order valence-corrected chi connectivity index (χ4v) is 6.02. The van der Waals surface area contributed by atoms with E-state index in [1.54, 1.807) is 21.0 Å². The third-order valence-corrected chi connectivity index (χ3v) is 8.53. The van der Waals surface area contributed by atoms with Gasteiger partial charge in [-0.2, -0.15) is 9.40 Å². The van der Waals surface area contributed by atoms with Crippen molar-refractivity contribution in [3.8, 4) is 0 Å². The monoisotopic (exact) mass is 482 g/mol. The van der Waals surface area contributed by atoms with E-state index in [4.69, 9.17) is 0 Å². The Morgan fingerprint density at radius 3 is 2.15 bits per heavy atom. The lowest BCUT2D eigenvalue weighted by molar-refractivity contribution is 0.308. The van der Waals surface area contributed by atoms with Crippen LogP contribution in [0.5, 0.6) is 0 Å². The zero-order valence-electron chi connectivity index (χ0n) is 20.4. The summed E-state index contributed by atoms with van der Waals surface area (Å²) < 4.78 is 31.3. The number of nitrogens with zero attached hydrogens (tertiary/aromatic N) is 4. The Kier molecular flexibility index (Phi) is 6.82. The lowest BCUT2D eigenvalue weighted by atomic mass is 9.87. The predicted molar refractivity (Wildman–Crippen MR) is 134 cm³/mol. The molecule has 7 nitrogen and oxygen atoms in total. The Labute approximate surface area is 202 Å². The van der Waals surface area contributed by atoms with Crippen LogP contribution in [0.15, 0.2) is 64.3 Å². The van der Waals surface area contributed by atoms with Crippen molar-refractivity contribution in [3.63, 3.8) is 0 Å². The number of hydrogen-bond acceptors (Lipinski definition) is 4. The molecule has 0 aliphatic carbocycles. The van der Waals surface area contributed by atoms with E-state index in [0.717, 1.165) is 17.0 Å². The van der Waals surface area contributed by atoms with Gasteiger partial charge in [-0.15, -0.1) is 0 Å². The molecule has 4 rings (SSSR count). The van der Waals surface area contributed by atoms with Gasteiger partial charge in [-0.3, -0.25) is 4.57 Å². The van der Waals surface area contributed by atoms with Gasteiger partial charge in [0.2, 0.25) is 10.0 Å². The first kappa shape index (κ1) is 24.4.